The monoisotopic (exact) mass is 406 g/mol. The molecule has 150 valence electrons. The largest absolute Gasteiger partial charge is 0.329 e. The zero-order valence-electron chi connectivity index (χ0n) is 16.5. The van der Waals surface area contributed by atoms with Crippen molar-refractivity contribution in [3.8, 4) is 6.07 Å². The Hall–Kier alpha value is -4.50. The number of carbonyl (C=O) groups excluding carboxylic acids is 2. The maximum atomic E-state index is 12.2. The first-order valence-corrected chi connectivity index (χ1v) is 9.66. The topological polar surface area (TPSA) is 94.4 Å². The van der Waals surface area contributed by atoms with Gasteiger partial charge < -0.3 is 5.32 Å². The molecule has 2 amide bonds. The molecule has 0 aliphatic rings. The quantitative estimate of drug-likeness (QED) is 0.231. The average molecular weight is 406 g/mol. The molecule has 4 aromatic rings. The molecule has 0 atom stereocenters. The van der Waals surface area contributed by atoms with Crippen LogP contribution in [0.5, 0.6) is 0 Å². The van der Waals surface area contributed by atoms with Crippen LogP contribution in [-0.4, -0.2) is 18.0 Å². The second kappa shape index (κ2) is 8.89. The summed E-state index contributed by atoms with van der Waals surface area (Å²) in [7, 11) is 0. The molecule has 0 bridgehead atoms. The third-order valence-corrected chi connectivity index (χ3v) is 4.87. The van der Waals surface area contributed by atoms with Gasteiger partial charge in [-0.3, -0.25) is 9.59 Å². The third-order valence-electron chi connectivity index (χ3n) is 4.87. The van der Waals surface area contributed by atoms with Crippen molar-refractivity contribution in [3.63, 3.8) is 0 Å². The molecule has 6 heteroatoms. The molecule has 0 radical (unpaired) electrons. The molecule has 4 rings (SSSR count). The summed E-state index contributed by atoms with van der Waals surface area (Å²) in [5, 5.41) is 19.4. The number of carbonyl (C=O) groups is 2. The molecular formula is C25H18N4O2. The van der Waals surface area contributed by atoms with E-state index >= 15 is 0 Å². The number of fused-ring (bicyclic) bond motifs is 2. The Morgan fingerprint density at radius 1 is 0.871 bits per heavy atom. The summed E-state index contributed by atoms with van der Waals surface area (Å²) in [6.45, 7) is 0. The number of hydrogen-bond acceptors (Lipinski definition) is 4. The lowest BCUT2D eigenvalue weighted by atomic mass is 9.97. The van der Waals surface area contributed by atoms with Crippen molar-refractivity contribution in [2.24, 2.45) is 5.10 Å². The van der Waals surface area contributed by atoms with Crippen LogP contribution in [0.4, 0.5) is 5.69 Å². The molecule has 0 aliphatic heterocycles. The SMILES string of the molecule is N#CCc1ccc(NC(=O)C(=O)NN=Cc2c3ccccc3cc3ccccc23)cc1. The molecule has 0 unspecified atom stereocenters. The van der Waals surface area contributed by atoms with E-state index < -0.39 is 11.8 Å². The minimum absolute atomic E-state index is 0.284. The lowest BCUT2D eigenvalue weighted by Gasteiger charge is -2.08. The number of amides is 2. The summed E-state index contributed by atoms with van der Waals surface area (Å²) >= 11 is 0. The number of benzene rings is 4. The first-order valence-electron chi connectivity index (χ1n) is 9.66. The van der Waals surface area contributed by atoms with Crippen LogP contribution in [0.2, 0.25) is 0 Å². The van der Waals surface area contributed by atoms with E-state index in [-0.39, 0.29) is 6.42 Å². The van der Waals surface area contributed by atoms with Crippen molar-refractivity contribution in [1.29, 1.82) is 5.26 Å². The highest BCUT2D eigenvalue weighted by Gasteiger charge is 2.13. The highest BCUT2D eigenvalue weighted by atomic mass is 16.2. The number of nitrogens with zero attached hydrogens (tertiary/aromatic N) is 2. The number of nitrogens with one attached hydrogen (secondary N) is 2. The minimum Gasteiger partial charge on any atom is -0.318 e. The molecule has 0 fully saturated rings. The Balaban J connectivity index is 1.50. The highest BCUT2D eigenvalue weighted by Crippen LogP contribution is 2.27. The van der Waals surface area contributed by atoms with Crippen molar-refractivity contribution in [2.45, 2.75) is 6.42 Å². The molecule has 6 nitrogen and oxygen atoms in total. The van der Waals surface area contributed by atoms with Crippen LogP contribution in [0.15, 0.2) is 84.0 Å². The number of nitriles is 1. The molecule has 0 spiro atoms. The van der Waals surface area contributed by atoms with Crippen LogP contribution in [-0.2, 0) is 16.0 Å². The molecule has 0 saturated carbocycles. The fourth-order valence-electron chi connectivity index (χ4n) is 3.38. The first kappa shape index (κ1) is 19.8. The zero-order chi connectivity index (χ0) is 21.6. The van der Waals surface area contributed by atoms with E-state index in [9.17, 15) is 9.59 Å². The fraction of sp³-hybridized carbons (Fsp3) is 0.0400. The number of hydrogen-bond donors (Lipinski definition) is 2. The summed E-state index contributed by atoms with van der Waals surface area (Å²) in [5.74, 6) is -1.70. The number of hydrazone groups is 1. The van der Waals surface area contributed by atoms with Gasteiger partial charge in [-0.2, -0.15) is 10.4 Å². The van der Waals surface area contributed by atoms with Crippen molar-refractivity contribution in [3.05, 3.63) is 90.0 Å². The van der Waals surface area contributed by atoms with E-state index in [0.717, 1.165) is 32.7 Å². The van der Waals surface area contributed by atoms with E-state index in [1.54, 1.807) is 30.5 Å². The van der Waals surface area contributed by atoms with E-state index in [4.69, 9.17) is 5.26 Å². The van der Waals surface area contributed by atoms with Gasteiger partial charge in [0.05, 0.1) is 18.7 Å². The van der Waals surface area contributed by atoms with Crippen LogP contribution in [0.3, 0.4) is 0 Å². The molecule has 4 aromatic carbocycles. The molecule has 0 heterocycles. The zero-order valence-corrected chi connectivity index (χ0v) is 16.5. The lowest BCUT2D eigenvalue weighted by Crippen LogP contribution is -2.32. The summed E-state index contributed by atoms with van der Waals surface area (Å²) in [6.07, 6.45) is 1.85. The fourth-order valence-corrected chi connectivity index (χ4v) is 3.38. The van der Waals surface area contributed by atoms with Gasteiger partial charge >= 0.3 is 11.8 Å². The first-order chi connectivity index (χ1) is 15.2. The van der Waals surface area contributed by atoms with Crippen LogP contribution in [0.1, 0.15) is 11.1 Å². The maximum absolute atomic E-state index is 12.2. The summed E-state index contributed by atoms with van der Waals surface area (Å²) in [4.78, 5) is 24.3. The van der Waals surface area contributed by atoms with Crippen LogP contribution < -0.4 is 10.7 Å². The predicted molar refractivity (Wildman–Crippen MR) is 122 cm³/mol. The third kappa shape index (κ3) is 4.41. The maximum Gasteiger partial charge on any atom is 0.329 e. The van der Waals surface area contributed by atoms with Crippen LogP contribution in [0.25, 0.3) is 21.5 Å². The van der Waals surface area contributed by atoms with Gasteiger partial charge in [0.1, 0.15) is 0 Å². The van der Waals surface area contributed by atoms with Crippen LogP contribution in [0, 0.1) is 11.3 Å². The smallest absolute Gasteiger partial charge is 0.318 e. The minimum atomic E-state index is -0.873. The van der Waals surface area contributed by atoms with Gasteiger partial charge in [-0.15, -0.1) is 0 Å². The lowest BCUT2D eigenvalue weighted by molar-refractivity contribution is -0.136. The van der Waals surface area contributed by atoms with Gasteiger partial charge in [0.25, 0.3) is 0 Å². The van der Waals surface area contributed by atoms with Crippen molar-refractivity contribution < 1.29 is 9.59 Å². The van der Waals surface area contributed by atoms with Crippen molar-refractivity contribution >= 4 is 45.3 Å². The average Bonchev–Trinajstić information content (AvgIpc) is 2.80. The van der Waals surface area contributed by atoms with E-state index in [1.165, 1.54) is 0 Å². The number of anilines is 1. The Morgan fingerprint density at radius 3 is 2.10 bits per heavy atom. The Bertz CT molecular complexity index is 1300. The Morgan fingerprint density at radius 2 is 1.48 bits per heavy atom. The normalized spacial score (nSPS) is 10.8. The van der Waals surface area contributed by atoms with E-state index in [0.29, 0.717) is 5.69 Å². The van der Waals surface area contributed by atoms with Gasteiger partial charge in [0.2, 0.25) is 0 Å². The second-order valence-corrected chi connectivity index (χ2v) is 6.92. The Kier molecular flexibility index (Phi) is 5.68. The van der Waals surface area contributed by atoms with Crippen molar-refractivity contribution in [2.75, 3.05) is 5.32 Å². The summed E-state index contributed by atoms with van der Waals surface area (Å²) in [5.41, 5.74) is 4.45. The second-order valence-electron chi connectivity index (χ2n) is 6.92. The predicted octanol–water partition coefficient (Wildman–Crippen LogP) is 4.15. The molecule has 0 aliphatic carbocycles. The molecule has 2 N–H and O–H groups in total. The van der Waals surface area contributed by atoms with Gasteiger partial charge in [0.15, 0.2) is 0 Å². The standard InChI is InChI=1S/C25H18N4O2/c26-14-13-17-9-11-20(12-10-17)28-24(30)25(31)29-27-16-23-21-7-3-1-5-18(21)15-19-6-2-4-8-22(19)23/h1-12,15-16H,13H2,(H,28,30)(H,29,31). The molecular weight excluding hydrogens is 388 g/mol. The van der Waals surface area contributed by atoms with E-state index in [1.807, 2.05) is 48.5 Å². The van der Waals surface area contributed by atoms with E-state index in [2.05, 4.69) is 28.0 Å². The highest BCUT2D eigenvalue weighted by molar-refractivity contribution is 6.39. The summed E-state index contributed by atoms with van der Waals surface area (Å²) < 4.78 is 0. The van der Waals surface area contributed by atoms with Gasteiger partial charge in [-0.05, 0) is 45.3 Å². The molecule has 0 saturated heterocycles. The van der Waals surface area contributed by atoms with Gasteiger partial charge in [-0.25, -0.2) is 5.43 Å². The van der Waals surface area contributed by atoms with Gasteiger partial charge in [0, 0.05) is 11.3 Å². The molecule has 0 aromatic heterocycles. The van der Waals surface area contributed by atoms with Gasteiger partial charge in [-0.1, -0.05) is 60.7 Å². The Labute approximate surface area is 178 Å². The number of rotatable bonds is 4. The summed E-state index contributed by atoms with van der Waals surface area (Å²) in [6, 6.07) is 26.8. The van der Waals surface area contributed by atoms with Crippen molar-refractivity contribution in [1.82, 2.24) is 5.43 Å². The molecule has 31 heavy (non-hydrogen) atoms. The van der Waals surface area contributed by atoms with Crippen LogP contribution >= 0.6 is 0 Å².